The first kappa shape index (κ1) is 21.7. The molecule has 4 nitrogen and oxygen atoms in total. The topological polar surface area (TPSA) is 51.8 Å². The normalized spacial score (nSPS) is 11.5. The minimum atomic E-state index is -0.432. The molecule has 1 heterocycles. The fourth-order valence-corrected chi connectivity index (χ4v) is 4.22. The predicted molar refractivity (Wildman–Crippen MR) is 130 cm³/mol. The van der Waals surface area contributed by atoms with E-state index in [4.69, 9.17) is 9.25 Å². The maximum atomic E-state index is 10.9. The van der Waals surface area contributed by atoms with Crippen LogP contribution in [0.4, 0.5) is 0 Å². The summed E-state index contributed by atoms with van der Waals surface area (Å²) in [6.07, 6.45) is 0. The van der Waals surface area contributed by atoms with Crippen molar-refractivity contribution in [1.82, 2.24) is 0 Å². The van der Waals surface area contributed by atoms with E-state index in [0.717, 1.165) is 48.8 Å². The summed E-state index contributed by atoms with van der Waals surface area (Å²) in [5.41, 5.74) is 5.46. The second-order valence-electron chi connectivity index (χ2n) is 7.44. The average molecular weight is 442 g/mol. The van der Waals surface area contributed by atoms with Crippen molar-refractivity contribution in [3.63, 3.8) is 0 Å². The highest BCUT2D eigenvalue weighted by molar-refractivity contribution is 7.99. The lowest BCUT2D eigenvalue weighted by Gasteiger charge is -2.07. The number of carbonyl (C=O) groups is 1. The minimum Gasteiger partial charge on any atom is -0.456 e. The molecule has 4 aromatic rings. The van der Waals surface area contributed by atoms with Crippen LogP contribution in [-0.2, 0) is 9.63 Å². The number of fused-ring (bicyclic) bond motifs is 1. The summed E-state index contributed by atoms with van der Waals surface area (Å²) in [5, 5.41) is 4.94. The van der Waals surface area contributed by atoms with Crippen molar-refractivity contribution >= 4 is 40.0 Å². The van der Waals surface area contributed by atoms with Gasteiger partial charge < -0.3 is 9.25 Å². The molecule has 0 bridgehead atoms. The largest absolute Gasteiger partial charge is 0.456 e. The van der Waals surface area contributed by atoms with Crippen LogP contribution in [0.25, 0.3) is 16.5 Å². The highest BCUT2D eigenvalue weighted by Gasteiger charge is 2.14. The molecule has 0 N–H and O–H groups in total. The molecule has 32 heavy (non-hydrogen) atoms. The highest BCUT2D eigenvalue weighted by atomic mass is 32.2. The van der Waals surface area contributed by atoms with Gasteiger partial charge in [-0.2, -0.15) is 0 Å². The predicted octanol–water partition coefficient (Wildman–Crippen LogP) is 7.24. The molecule has 0 saturated heterocycles. The van der Waals surface area contributed by atoms with Crippen molar-refractivity contribution in [2.45, 2.75) is 30.6 Å². The van der Waals surface area contributed by atoms with E-state index in [1.54, 1.807) is 18.7 Å². The lowest BCUT2D eigenvalue weighted by atomic mass is 10.0. The molecular weight excluding hydrogens is 418 g/mol. The van der Waals surface area contributed by atoms with E-state index in [-0.39, 0.29) is 0 Å². The first-order valence-electron chi connectivity index (χ1n) is 10.2. The smallest absolute Gasteiger partial charge is 0.331 e. The second-order valence-corrected chi connectivity index (χ2v) is 8.59. The summed E-state index contributed by atoms with van der Waals surface area (Å²) in [4.78, 5) is 17.8. The SMILES string of the molecule is C=C(c1ccc(Sc2ccc(/C(C)=N/OC(C)=O)cc2)cc1)c1oc2ccccc2c1C. The van der Waals surface area contributed by atoms with Gasteiger partial charge in [-0.3, -0.25) is 0 Å². The number of hydrogen-bond donors (Lipinski definition) is 0. The van der Waals surface area contributed by atoms with Crippen molar-refractivity contribution < 1.29 is 14.0 Å². The molecular formula is C27H23NO3S. The highest BCUT2D eigenvalue weighted by Crippen LogP contribution is 2.34. The third kappa shape index (κ3) is 4.68. The van der Waals surface area contributed by atoms with Gasteiger partial charge in [-0.1, -0.05) is 66.0 Å². The van der Waals surface area contributed by atoms with Crippen LogP contribution in [0.2, 0.25) is 0 Å². The van der Waals surface area contributed by atoms with Gasteiger partial charge in [-0.05, 0) is 55.3 Å². The van der Waals surface area contributed by atoms with E-state index in [9.17, 15) is 4.79 Å². The van der Waals surface area contributed by atoms with Crippen LogP contribution < -0.4 is 0 Å². The first-order chi connectivity index (χ1) is 15.4. The van der Waals surface area contributed by atoms with Crippen LogP contribution >= 0.6 is 11.8 Å². The van der Waals surface area contributed by atoms with Crippen LogP contribution in [0.1, 0.15) is 36.3 Å². The van der Waals surface area contributed by atoms with E-state index in [1.165, 1.54) is 6.92 Å². The van der Waals surface area contributed by atoms with Crippen molar-refractivity contribution in [2.24, 2.45) is 5.16 Å². The van der Waals surface area contributed by atoms with Crippen LogP contribution in [0.15, 0.2) is 98.7 Å². The van der Waals surface area contributed by atoms with E-state index in [1.807, 2.05) is 42.5 Å². The van der Waals surface area contributed by atoms with Crippen molar-refractivity contribution in [1.29, 1.82) is 0 Å². The second kappa shape index (κ2) is 9.28. The number of rotatable bonds is 6. The molecule has 3 aromatic carbocycles. The quantitative estimate of drug-likeness (QED) is 0.180. The Morgan fingerprint density at radius 2 is 1.50 bits per heavy atom. The molecule has 0 aliphatic carbocycles. The number of carbonyl (C=O) groups excluding carboxylic acids is 1. The lowest BCUT2D eigenvalue weighted by molar-refractivity contribution is -0.140. The van der Waals surface area contributed by atoms with Crippen LogP contribution in [0.5, 0.6) is 0 Å². The summed E-state index contributed by atoms with van der Waals surface area (Å²) in [7, 11) is 0. The van der Waals surface area contributed by atoms with E-state index < -0.39 is 5.97 Å². The van der Waals surface area contributed by atoms with Gasteiger partial charge in [0.1, 0.15) is 11.3 Å². The molecule has 1 aromatic heterocycles. The Labute approximate surface area is 191 Å². The molecule has 0 amide bonds. The molecule has 0 atom stereocenters. The molecule has 0 saturated carbocycles. The van der Waals surface area contributed by atoms with E-state index >= 15 is 0 Å². The zero-order chi connectivity index (χ0) is 22.7. The molecule has 4 rings (SSSR count). The number of benzene rings is 3. The first-order valence-corrected chi connectivity index (χ1v) is 11.0. The van der Waals surface area contributed by atoms with Gasteiger partial charge in [-0.25, -0.2) is 4.79 Å². The molecule has 0 aliphatic heterocycles. The van der Waals surface area contributed by atoms with Gasteiger partial charge in [0, 0.05) is 33.2 Å². The fraction of sp³-hybridized carbons (Fsp3) is 0.111. The Hall–Kier alpha value is -3.57. The molecule has 0 radical (unpaired) electrons. The van der Waals surface area contributed by atoms with Gasteiger partial charge in [0.15, 0.2) is 0 Å². The van der Waals surface area contributed by atoms with Gasteiger partial charge in [0.2, 0.25) is 0 Å². The zero-order valence-electron chi connectivity index (χ0n) is 18.2. The Kier molecular flexibility index (Phi) is 6.28. The molecule has 0 fully saturated rings. The van der Waals surface area contributed by atoms with Gasteiger partial charge in [0.05, 0.1) is 5.71 Å². The number of aryl methyl sites for hydroxylation is 1. The van der Waals surface area contributed by atoms with Crippen molar-refractivity contribution in [3.05, 3.63) is 102 Å². The van der Waals surface area contributed by atoms with E-state index in [0.29, 0.717) is 5.71 Å². The number of nitrogens with zero attached hydrogens (tertiary/aromatic N) is 1. The molecule has 5 heteroatoms. The fourth-order valence-electron chi connectivity index (χ4n) is 3.40. The van der Waals surface area contributed by atoms with Crippen LogP contribution in [0, 0.1) is 6.92 Å². The maximum Gasteiger partial charge on any atom is 0.331 e. The van der Waals surface area contributed by atoms with Crippen molar-refractivity contribution in [2.75, 3.05) is 0 Å². The third-order valence-electron chi connectivity index (χ3n) is 5.14. The third-order valence-corrected chi connectivity index (χ3v) is 6.16. The average Bonchev–Trinajstić information content (AvgIpc) is 3.14. The number of para-hydroxylation sites is 1. The lowest BCUT2D eigenvalue weighted by Crippen LogP contribution is -1.99. The van der Waals surface area contributed by atoms with Gasteiger partial charge >= 0.3 is 5.97 Å². The maximum absolute atomic E-state index is 10.9. The molecule has 160 valence electrons. The standard InChI is InChI=1S/C27H23NO3S/c1-17(27-18(2)25-7-5-6-8-26(25)30-27)21-9-13-23(14-10-21)32-24-15-11-22(12-16-24)19(3)28-31-20(4)29/h5-16H,1H2,2-4H3/b28-19+. The summed E-state index contributed by atoms with van der Waals surface area (Å²) < 4.78 is 6.06. The summed E-state index contributed by atoms with van der Waals surface area (Å²) in [6, 6.07) is 24.3. The van der Waals surface area contributed by atoms with E-state index in [2.05, 4.69) is 49.0 Å². The van der Waals surface area contributed by atoms with Crippen LogP contribution in [0.3, 0.4) is 0 Å². The van der Waals surface area contributed by atoms with Crippen molar-refractivity contribution in [3.8, 4) is 0 Å². The Bertz CT molecular complexity index is 1320. The summed E-state index contributed by atoms with van der Waals surface area (Å²) >= 11 is 1.67. The van der Waals surface area contributed by atoms with Gasteiger partial charge in [0.25, 0.3) is 0 Å². The number of furan rings is 1. The summed E-state index contributed by atoms with van der Waals surface area (Å²) in [5.74, 6) is 0.395. The summed E-state index contributed by atoms with van der Waals surface area (Å²) in [6.45, 7) is 9.48. The minimum absolute atomic E-state index is 0.432. The van der Waals surface area contributed by atoms with Crippen LogP contribution in [-0.4, -0.2) is 11.7 Å². The van der Waals surface area contributed by atoms with Gasteiger partial charge in [-0.15, -0.1) is 0 Å². The Balaban J connectivity index is 1.47. The Morgan fingerprint density at radius 1 is 0.906 bits per heavy atom. The monoisotopic (exact) mass is 441 g/mol. The molecule has 0 aliphatic rings. The Morgan fingerprint density at radius 3 is 2.09 bits per heavy atom. The zero-order valence-corrected chi connectivity index (χ0v) is 19.0. The molecule has 0 unspecified atom stereocenters. The number of hydrogen-bond acceptors (Lipinski definition) is 5. The molecule has 0 spiro atoms. The number of oxime groups is 1.